The maximum Gasteiger partial charge on any atom is 0.154 e. The van der Waals surface area contributed by atoms with Gasteiger partial charge in [-0.1, -0.05) is 11.6 Å². The summed E-state index contributed by atoms with van der Waals surface area (Å²) in [6.07, 6.45) is 11.6. The van der Waals surface area contributed by atoms with Gasteiger partial charge in [-0.25, -0.2) is 8.78 Å². The predicted molar refractivity (Wildman–Crippen MR) is 95.8 cm³/mol. The third kappa shape index (κ3) is 7.00. The highest BCUT2D eigenvalue weighted by atomic mass is 19.2. The molecule has 0 aromatic carbocycles. The number of allylic oxidation sites excluding steroid dienone is 4. The number of halogens is 2. The van der Waals surface area contributed by atoms with Crippen LogP contribution in [0.5, 0.6) is 0 Å². The molecule has 4 nitrogen and oxygen atoms in total. The Morgan fingerprint density at radius 2 is 2.04 bits per heavy atom. The van der Waals surface area contributed by atoms with Crippen molar-refractivity contribution in [2.45, 2.75) is 32.6 Å². The van der Waals surface area contributed by atoms with Gasteiger partial charge in [-0.15, -0.1) is 0 Å². The molecule has 1 aliphatic heterocycles. The fourth-order valence-corrected chi connectivity index (χ4v) is 2.41. The molecule has 0 aromatic heterocycles. The van der Waals surface area contributed by atoms with E-state index in [2.05, 4.69) is 5.32 Å². The molecule has 132 valence electrons. The van der Waals surface area contributed by atoms with Gasteiger partial charge in [0.05, 0.1) is 6.34 Å². The van der Waals surface area contributed by atoms with E-state index in [9.17, 15) is 8.78 Å². The third-order valence-electron chi connectivity index (χ3n) is 3.82. The summed E-state index contributed by atoms with van der Waals surface area (Å²) >= 11 is 0. The van der Waals surface area contributed by atoms with Crippen molar-refractivity contribution in [1.82, 2.24) is 10.2 Å². The average Bonchev–Trinajstić information content (AvgIpc) is 2.62. The Bertz CT molecular complexity index is 547. The van der Waals surface area contributed by atoms with E-state index in [0.717, 1.165) is 44.0 Å². The lowest BCUT2D eigenvalue weighted by molar-refractivity contribution is 0.529. The van der Waals surface area contributed by atoms with E-state index in [1.807, 2.05) is 6.08 Å². The van der Waals surface area contributed by atoms with Crippen LogP contribution in [0.25, 0.3) is 0 Å². The SMILES string of the molecule is C/C=C(F)\C(F)=C/CCN(C=N)/C=C/CCC1=C(C=N)CNCC1. The first kappa shape index (κ1) is 20.0. The minimum atomic E-state index is -0.858. The van der Waals surface area contributed by atoms with Crippen LogP contribution >= 0.6 is 0 Å². The molecule has 0 amide bonds. The van der Waals surface area contributed by atoms with Crippen LogP contribution in [0.2, 0.25) is 0 Å². The molecule has 0 fully saturated rings. The first-order chi connectivity index (χ1) is 11.6. The largest absolute Gasteiger partial charge is 0.340 e. The van der Waals surface area contributed by atoms with Crippen LogP contribution in [0, 0.1) is 10.8 Å². The topological polar surface area (TPSA) is 63.0 Å². The standard InChI is InChI=1S/C18H26F2N4/c1-2-17(19)18(20)7-5-11-24(14-22)10-4-3-6-15-8-9-23-13-16(15)12-21/h2,4,7,10,12,14,21-23H,3,5-6,8-9,11,13H2,1H3/b10-4+,17-2+,18-7+,21-12?,22-14?. The first-order valence-corrected chi connectivity index (χ1v) is 8.15. The molecule has 1 aliphatic rings. The summed E-state index contributed by atoms with van der Waals surface area (Å²) in [5.41, 5.74) is 2.37. The molecule has 0 unspecified atom stereocenters. The average molecular weight is 336 g/mol. The Balaban J connectivity index is 2.42. The van der Waals surface area contributed by atoms with Crippen molar-refractivity contribution < 1.29 is 8.78 Å². The molecular weight excluding hydrogens is 310 g/mol. The second-order valence-corrected chi connectivity index (χ2v) is 5.47. The van der Waals surface area contributed by atoms with Gasteiger partial charge < -0.3 is 15.6 Å². The van der Waals surface area contributed by atoms with Crippen LogP contribution in [0.3, 0.4) is 0 Å². The predicted octanol–water partition coefficient (Wildman–Crippen LogP) is 4.25. The van der Waals surface area contributed by atoms with Crippen molar-refractivity contribution in [3.8, 4) is 0 Å². The Labute approximate surface area is 142 Å². The van der Waals surface area contributed by atoms with Crippen LogP contribution < -0.4 is 5.32 Å². The van der Waals surface area contributed by atoms with E-state index >= 15 is 0 Å². The molecule has 0 aliphatic carbocycles. The van der Waals surface area contributed by atoms with Crippen LogP contribution in [0.4, 0.5) is 8.78 Å². The van der Waals surface area contributed by atoms with Gasteiger partial charge in [-0.2, -0.15) is 0 Å². The van der Waals surface area contributed by atoms with Crippen molar-refractivity contribution in [2.75, 3.05) is 19.6 Å². The van der Waals surface area contributed by atoms with Crippen LogP contribution in [0.1, 0.15) is 32.6 Å². The summed E-state index contributed by atoms with van der Waals surface area (Å²) in [5, 5.41) is 18.0. The smallest absolute Gasteiger partial charge is 0.154 e. The number of hydrogen-bond acceptors (Lipinski definition) is 3. The molecule has 3 N–H and O–H groups in total. The molecule has 0 radical (unpaired) electrons. The molecule has 24 heavy (non-hydrogen) atoms. The lowest BCUT2D eigenvalue weighted by atomic mass is 9.98. The van der Waals surface area contributed by atoms with Gasteiger partial charge in [0.15, 0.2) is 11.7 Å². The van der Waals surface area contributed by atoms with E-state index in [-0.39, 0.29) is 0 Å². The van der Waals surface area contributed by atoms with Gasteiger partial charge in [0.25, 0.3) is 0 Å². The highest BCUT2D eigenvalue weighted by Crippen LogP contribution is 2.17. The molecule has 0 bridgehead atoms. The van der Waals surface area contributed by atoms with E-state index in [1.54, 1.807) is 11.1 Å². The Kier molecular flexibility index (Phi) is 9.53. The number of nitrogens with one attached hydrogen (secondary N) is 3. The van der Waals surface area contributed by atoms with Crippen molar-refractivity contribution >= 4 is 12.6 Å². The minimum absolute atomic E-state index is 0.321. The Hall–Kier alpha value is -2.08. The Morgan fingerprint density at radius 3 is 2.71 bits per heavy atom. The second-order valence-electron chi connectivity index (χ2n) is 5.47. The van der Waals surface area contributed by atoms with Crippen molar-refractivity contribution in [2.24, 2.45) is 0 Å². The van der Waals surface area contributed by atoms with Crippen molar-refractivity contribution in [3.63, 3.8) is 0 Å². The molecular formula is C18H26F2N4. The quantitative estimate of drug-likeness (QED) is 0.317. The summed E-state index contributed by atoms with van der Waals surface area (Å²) in [4.78, 5) is 1.63. The Morgan fingerprint density at radius 1 is 1.25 bits per heavy atom. The van der Waals surface area contributed by atoms with E-state index in [4.69, 9.17) is 10.8 Å². The van der Waals surface area contributed by atoms with Crippen LogP contribution in [-0.4, -0.2) is 37.1 Å². The third-order valence-corrected chi connectivity index (χ3v) is 3.82. The fourth-order valence-electron chi connectivity index (χ4n) is 2.41. The molecule has 0 atom stereocenters. The zero-order valence-electron chi connectivity index (χ0n) is 14.1. The maximum absolute atomic E-state index is 13.2. The lowest BCUT2D eigenvalue weighted by Crippen LogP contribution is -2.25. The first-order valence-electron chi connectivity index (χ1n) is 8.15. The van der Waals surface area contributed by atoms with E-state index < -0.39 is 11.7 Å². The van der Waals surface area contributed by atoms with E-state index in [0.29, 0.717) is 13.0 Å². The van der Waals surface area contributed by atoms with Gasteiger partial charge in [0.2, 0.25) is 0 Å². The lowest BCUT2D eigenvalue weighted by Gasteiger charge is -2.18. The fraction of sp³-hybridized carbons (Fsp3) is 0.444. The van der Waals surface area contributed by atoms with E-state index in [1.165, 1.54) is 31.1 Å². The van der Waals surface area contributed by atoms with Gasteiger partial charge in [-0.3, -0.25) is 5.41 Å². The highest BCUT2D eigenvalue weighted by Gasteiger charge is 2.09. The molecule has 0 spiro atoms. The van der Waals surface area contributed by atoms with Crippen molar-refractivity contribution in [3.05, 3.63) is 47.2 Å². The van der Waals surface area contributed by atoms with Crippen LogP contribution in [0.15, 0.2) is 47.2 Å². The molecule has 0 aromatic rings. The molecule has 1 rings (SSSR count). The second kappa shape index (κ2) is 11.5. The molecule has 1 heterocycles. The normalized spacial score (nSPS) is 16.6. The number of rotatable bonds is 10. The van der Waals surface area contributed by atoms with Gasteiger partial charge >= 0.3 is 0 Å². The molecule has 0 saturated carbocycles. The van der Waals surface area contributed by atoms with Crippen LogP contribution in [-0.2, 0) is 0 Å². The van der Waals surface area contributed by atoms with Gasteiger partial charge in [0, 0.05) is 25.5 Å². The van der Waals surface area contributed by atoms with Gasteiger partial charge in [0.1, 0.15) is 0 Å². The summed E-state index contributed by atoms with van der Waals surface area (Å²) in [6.45, 7) is 3.57. The van der Waals surface area contributed by atoms with Gasteiger partial charge in [-0.05, 0) is 56.9 Å². The minimum Gasteiger partial charge on any atom is -0.340 e. The summed E-state index contributed by atoms with van der Waals surface area (Å²) < 4.78 is 26.2. The summed E-state index contributed by atoms with van der Waals surface area (Å²) in [6, 6.07) is 0. The van der Waals surface area contributed by atoms with Crippen molar-refractivity contribution in [1.29, 1.82) is 10.8 Å². The molecule has 0 saturated heterocycles. The zero-order valence-corrected chi connectivity index (χ0v) is 14.1. The monoisotopic (exact) mass is 336 g/mol. The zero-order chi connectivity index (χ0) is 17.8. The number of nitrogens with zero attached hydrogens (tertiary/aromatic N) is 1. The summed E-state index contributed by atoms with van der Waals surface area (Å²) in [5.74, 6) is -1.72. The number of hydrogen-bond donors (Lipinski definition) is 3. The highest BCUT2D eigenvalue weighted by molar-refractivity contribution is 5.77. The maximum atomic E-state index is 13.2. The summed E-state index contributed by atoms with van der Waals surface area (Å²) in [7, 11) is 0. The molecule has 6 heteroatoms.